The molecule has 1 aromatic heterocycles. The highest BCUT2D eigenvalue weighted by atomic mass is 16.5. The third-order valence-corrected chi connectivity index (χ3v) is 5.52. The average Bonchev–Trinajstić information content (AvgIpc) is 3.04. The number of amides is 1. The van der Waals surface area contributed by atoms with Gasteiger partial charge in [-0.05, 0) is 31.7 Å². The molecule has 0 unspecified atom stereocenters. The summed E-state index contributed by atoms with van der Waals surface area (Å²) < 4.78 is 11.7. The van der Waals surface area contributed by atoms with Gasteiger partial charge in [-0.25, -0.2) is 0 Å². The van der Waals surface area contributed by atoms with Gasteiger partial charge in [-0.2, -0.15) is 0 Å². The lowest BCUT2D eigenvalue weighted by atomic mass is 9.92. The van der Waals surface area contributed by atoms with Gasteiger partial charge in [-0.15, -0.1) is 0 Å². The van der Waals surface area contributed by atoms with Gasteiger partial charge >= 0.3 is 0 Å². The van der Waals surface area contributed by atoms with Crippen molar-refractivity contribution in [1.82, 2.24) is 4.90 Å². The Morgan fingerprint density at radius 3 is 2.67 bits per heavy atom. The number of rotatable bonds is 4. The van der Waals surface area contributed by atoms with Gasteiger partial charge in [0.15, 0.2) is 5.78 Å². The number of ketones is 1. The molecule has 27 heavy (non-hydrogen) atoms. The Kier molecular flexibility index (Phi) is 5.12. The lowest BCUT2D eigenvalue weighted by Gasteiger charge is -2.32. The van der Waals surface area contributed by atoms with Crippen LogP contribution in [0.4, 0.5) is 0 Å². The predicted octanol–water partition coefficient (Wildman–Crippen LogP) is 3.93. The molecular formula is C22H25NO4. The molecule has 1 fully saturated rings. The van der Waals surface area contributed by atoms with Crippen LogP contribution in [0.1, 0.15) is 63.5 Å². The quantitative estimate of drug-likeness (QED) is 0.822. The molecule has 0 bridgehead atoms. The molecule has 2 aliphatic rings. The van der Waals surface area contributed by atoms with Crippen molar-refractivity contribution in [2.45, 2.75) is 51.7 Å². The maximum absolute atomic E-state index is 13.1. The number of fused-ring (bicyclic) bond motifs is 1. The van der Waals surface area contributed by atoms with Gasteiger partial charge in [0.05, 0.1) is 23.8 Å². The smallest absolute Gasteiger partial charge is 0.258 e. The number of piperidine rings is 1. The number of hydrogen-bond acceptors (Lipinski definition) is 4. The molecule has 1 aliphatic carbocycles. The van der Waals surface area contributed by atoms with Crippen molar-refractivity contribution < 1.29 is 18.7 Å². The van der Waals surface area contributed by atoms with Crippen LogP contribution in [0, 0.1) is 6.92 Å². The summed E-state index contributed by atoms with van der Waals surface area (Å²) in [5.74, 6) is 1.22. The Balaban J connectivity index is 1.38. The highest BCUT2D eigenvalue weighted by Gasteiger charge is 2.33. The Hall–Kier alpha value is -2.40. The van der Waals surface area contributed by atoms with Gasteiger partial charge in [0.1, 0.15) is 11.5 Å². The first-order chi connectivity index (χ1) is 13.1. The average molecular weight is 367 g/mol. The maximum atomic E-state index is 13.1. The van der Waals surface area contributed by atoms with Crippen molar-refractivity contribution in [2.24, 2.45) is 0 Å². The molecule has 0 N–H and O–H groups in total. The Bertz CT molecular complexity index is 831. The normalized spacial score (nSPS) is 17.8. The fourth-order valence-electron chi connectivity index (χ4n) is 4.04. The molecule has 1 aromatic carbocycles. The molecule has 1 aliphatic heterocycles. The second-order valence-electron chi connectivity index (χ2n) is 7.40. The van der Waals surface area contributed by atoms with Gasteiger partial charge in [-0.3, -0.25) is 9.59 Å². The highest BCUT2D eigenvalue weighted by molar-refractivity contribution is 6.10. The summed E-state index contributed by atoms with van der Waals surface area (Å²) in [6, 6.07) is 10.1. The molecule has 0 spiro atoms. The minimum absolute atomic E-state index is 0.0394. The van der Waals surface area contributed by atoms with Crippen LogP contribution < -0.4 is 0 Å². The van der Waals surface area contributed by atoms with Crippen LogP contribution >= 0.6 is 0 Å². The molecule has 0 atom stereocenters. The van der Waals surface area contributed by atoms with E-state index < -0.39 is 0 Å². The number of likely N-dealkylation sites (tertiary alicyclic amines) is 1. The molecule has 0 radical (unpaired) electrons. The third kappa shape index (κ3) is 3.69. The standard InChI is InChI=1S/C22H25NO4/c1-15-20(21-18(24)8-5-9-19(21)27-15)22(25)23-12-10-17(11-13-23)26-14-16-6-3-2-4-7-16/h2-4,6-7,17H,5,8-14H2,1H3. The van der Waals surface area contributed by atoms with E-state index >= 15 is 0 Å². The Morgan fingerprint density at radius 1 is 1.19 bits per heavy atom. The molecule has 0 saturated carbocycles. The number of hydrogen-bond donors (Lipinski definition) is 0. The number of aryl methyl sites for hydroxylation is 2. The van der Waals surface area contributed by atoms with E-state index in [0.29, 0.717) is 48.8 Å². The van der Waals surface area contributed by atoms with E-state index in [1.165, 1.54) is 0 Å². The first-order valence-corrected chi connectivity index (χ1v) is 9.73. The number of furan rings is 1. The summed E-state index contributed by atoms with van der Waals surface area (Å²) in [5, 5.41) is 0. The van der Waals surface area contributed by atoms with E-state index in [-0.39, 0.29) is 17.8 Å². The van der Waals surface area contributed by atoms with E-state index in [4.69, 9.17) is 9.15 Å². The third-order valence-electron chi connectivity index (χ3n) is 5.52. The fourth-order valence-corrected chi connectivity index (χ4v) is 4.04. The van der Waals surface area contributed by atoms with Crippen LogP contribution in [0.2, 0.25) is 0 Å². The molecule has 4 rings (SSSR count). The summed E-state index contributed by atoms with van der Waals surface area (Å²) in [6.45, 7) is 3.68. The summed E-state index contributed by atoms with van der Waals surface area (Å²) in [4.78, 5) is 27.2. The summed E-state index contributed by atoms with van der Waals surface area (Å²) >= 11 is 0. The van der Waals surface area contributed by atoms with Crippen LogP contribution in [0.5, 0.6) is 0 Å². The van der Waals surface area contributed by atoms with Crippen LogP contribution in [0.3, 0.4) is 0 Å². The van der Waals surface area contributed by atoms with E-state index in [1.807, 2.05) is 23.1 Å². The number of ether oxygens (including phenoxy) is 1. The van der Waals surface area contributed by atoms with E-state index in [0.717, 1.165) is 31.2 Å². The first-order valence-electron chi connectivity index (χ1n) is 9.73. The molecule has 1 amide bonds. The number of carbonyl (C=O) groups is 2. The largest absolute Gasteiger partial charge is 0.465 e. The minimum Gasteiger partial charge on any atom is -0.465 e. The van der Waals surface area contributed by atoms with E-state index in [2.05, 4.69) is 12.1 Å². The number of nitrogens with zero attached hydrogens (tertiary/aromatic N) is 1. The van der Waals surface area contributed by atoms with Gasteiger partial charge in [-0.1, -0.05) is 30.3 Å². The zero-order chi connectivity index (χ0) is 18.8. The SMILES string of the molecule is Cc1oc2c(c1C(=O)N1CCC(OCc3ccccc3)CC1)C(=O)CCC2. The zero-order valence-corrected chi connectivity index (χ0v) is 15.7. The lowest BCUT2D eigenvalue weighted by molar-refractivity contribution is -0.000444. The molecule has 5 heteroatoms. The first kappa shape index (κ1) is 18.0. The van der Waals surface area contributed by atoms with Crippen LogP contribution in [-0.2, 0) is 17.8 Å². The van der Waals surface area contributed by atoms with E-state index in [9.17, 15) is 9.59 Å². The molecule has 2 aromatic rings. The van der Waals surface area contributed by atoms with Gasteiger partial charge in [0.25, 0.3) is 5.91 Å². The van der Waals surface area contributed by atoms with Crippen LogP contribution in [0.25, 0.3) is 0 Å². The van der Waals surface area contributed by atoms with Crippen molar-refractivity contribution in [3.05, 3.63) is 58.5 Å². The van der Waals surface area contributed by atoms with Crippen molar-refractivity contribution in [3.8, 4) is 0 Å². The topological polar surface area (TPSA) is 59.8 Å². The number of Topliss-reactive ketones (excluding diaryl/α,β-unsaturated/α-hetero) is 1. The molecule has 5 nitrogen and oxygen atoms in total. The second kappa shape index (κ2) is 7.69. The van der Waals surface area contributed by atoms with E-state index in [1.54, 1.807) is 6.92 Å². The zero-order valence-electron chi connectivity index (χ0n) is 15.7. The molecule has 2 heterocycles. The number of carbonyl (C=O) groups excluding carboxylic acids is 2. The van der Waals surface area contributed by atoms with Crippen LogP contribution in [-0.4, -0.2) is 35.8 Å². The summed E-state index contributed by atoms with van der Waals surface area (Å²) in [5.41, 5.74) is 2.18. The number of benzene rings is 1. The van der Waals surface area contributed by atoms with Crippen molar-refractivity contribution in [1.29, 1.82) is 0 Å². The second-order valence-corrected chi connectivity index (χ2v) is 7.40. The highest BCUT2D eigenvalue weighted by Crippen LogP contribution is 2.31. The molecular weight excluding hydrogens is 342 g/mol. The van der Waals surface area contributed by atoms with Gasteiger partial charge < -0.3 is 14.1 Å². The molecule has 142 valence electrons. The minimum atomic E-state index is -0.0748. The Morgan fingerprint density at radius 2 is 1.93 bits per heavy atom. The monoisotopic (exact) mass is 367 g/mol. The van der Waals surface area contributed by atoms with Gasteiger partial charge in [0.2, 0.25) is 0 Å². The Labute approximate surface area is 159 Å². The van der Waals surface area contributed by atoms with Crippen molar-refractivity contribution in [2.75, 3.05) is 13.1 Å². The van der Waals surface area contributed by atoms with Crippen molar-refractivity contribution >= 4 is 11.7 Å². The summed E-state index contributed by atoms with van der Waals surface area (Å²) in [7, 11) is 0. The predicted molar refractivity (Wildman–Crippen MR) is 101 cm³/mol. The molecule has 1 saturated heterocycles. The fraction of sp³-hybridized carbons (Fsp3) is 0.455. The maximum Gasteiger partial charge on any atom is 0.258 e. The summed E-state index contributed by atoms with van der Waals surface area (Å²) in [6.07, 6.45) is 3.83. The van der Waals surface area contributed by atoms with Crippen molar-refractivity contribution in [3.63, 3.8) is 0 Å². The van der Waals surface area contributed by atoms with Crippen LogP contribution in [0.15, 0.2) is 34.7 Å². The lowest BCUT2D eigenvalue weighted by Crippen LogP contribution is -2.41. The van der Waals surface area contributed by atoms with Gasteiger partial charge in [0, 0.05) is 25.9 Å².